The SMILES string of the molecule is CCNC(=NCC(NC(=O)OCC)C1CC1)N1CCN(Cc2cc(C)on2)CC1. The molecule has 0 spiro atoms. The molecule has 1 aliphatic heterocycles. The molecule has 2 aliphatic rings. The number of piperazine rings is 1. The van der Waals surface area contributed by atoms with Gasteiger partial charge in [-0.15, -0.1) is 0 Å². The Balaban J connectivity index is 1.52. The lowest BCUT2D eigenvalue weighted by molar-refractivity contribution is 0.147. The van der Waals surface area contributed by atoms with Gasteiger partial charge in [-0.2, -0.15) is 0 Å². The van der Waals surface area contributed by atoms with Crippen LogP contribution in [0.1, 0.15) is 38.1 Å². The lowest BCUT2D eigenvalue weighted by Gasteiger charge is -2.36. The average molecular weight is 407 g/mol. The van der Waals surface area contributed by atoms with Crippen molar-refractivity contribution in [2.75, 3.05) is 45.9 Å². The highest BCUT2D eigenvalue weighted by atomic mass is 16.5. The molecule has 1 saturated carbocycles. The van der Waals surface area contributed by atoms with Crippen molar-refractivity contribution in [2.45, 2.75) is 46.2 Å². The zero-order chi connectivity index (χ0) is 20.6. The summed E-state index contributed by atoms with van der Waals surface area (Å²) in [7, 11) is 0. The molecule has 2 fully saturated rings. The van der Waals surface area contributed by atoms with Crippen LogP contribution >= 0.6 is 0 Å². The predicted octanol–water partition coefficient (Wildman–Crippen LogP) is 1.59. The number of nitrogens with zero attached hydrogens (tertiary/aromatic N) is 4. The van der Waals surface area contributed by atoms with Crippen LogP contribution in [0, 0.1) is 12.8 Å². The van der Waals surface area contributed by atoms with Crippen LogP contribution in [0.25, 0.3) is 0 Å². The van der Waals surface area contributed by atoms with E-state index in [0.717, 1.165) is 69.5 Å². The Morgan fingerprint density at radius 2 is 2.10 bits per heavy atom. The Hall–Kier alpha value is -2.29. The number of hydrogen-bond donors (Lipinski definition) is 2. The van der Waals surface area contributed by atoms with E-state index in [1.54, 1.807) is 0 Å². The molecule has 1 aromatic rings. The van der Waals surface area contributed by atoms with E-state index in [9.17, 15) is 4.79 Å². The Kier molecular flexibility index (Phi) is 7.74. The lowest BCUT2D eigenvalue weighted by Crippen LogP contribution is -2.52. The second kappa shape index (κ2) is 10.5. The number of aliphatic imine (C=N–C) groups is 1. The third kappa shape index (κ3) is 6.62. The van der Waals surface area contributed by atoms with Gasteiger partial charge in [0.25, 0.3) is 0 Å². The summed E-state index contributed by atoms with van der Waals surface area (Å²) in [5, 5.41) is 10.5. The number of nitrogens with one attached hydrogen (secondary N) is 2. The number of amides is 1. The van der Waals surface area contributed by atoms with Crippen LogP contribution in [-0.4, -0.2) is 78.9 Å². The smallest absolute Gasteiger partial charge is 0.407 e. The number of carbonyl (C=O) groups excluding carboxylic acids is 1. The van der Waals surface area contributed by atoms with E-state index in [4.69, 9.17) is 14.3 Å². The molecule has 0 aromatic carbocycles. The fraction of sp³-hybridized carbons (Fsp3) is 0.750. The van der Waals surface area contributed by atoms with Crippen molar-refractivity contribution in [2.24, 2.45) is 10.9 Å². The van der Waals surface area contributed by atoms with Gasteiger partial charge in [-0.1, -0.05) is 5.16 Å². The number of ether oxygens (including phenoxy) is 1. The van der Waals surface area contributed by atoms with E-state index in [1.165, 1.54) is 0 Å². The summed E-state index contributed by atoms with van der Waals surface area (Å²) in [6.07, 6.45) is 1.94. The minimum Gasteiger partial charge on any atom is -0.450 e. The molecule has 1 aromatic heterocycles. The summed E-state index contributed by atoms with van der Waals surface area (Å²) in [4.78, 5) is 21.3. The largest absolute Gasteiger partial charge is 0.450 e. The van der Waals surface area contributed by atoms with E-state index in [1.807, 2.05) is 19.9 Å². The first-order chi connectivity index (χ1) is 14.1. The van der Waals surface area contributed by atoms with Crippen molar-refractivity contribution in [3.8, 4) is 0 Å². The Morgan fingerprint density at radius 3 is 2.69 bits per heavy atom. The molecule has 1 atom stereocenters. The minimum atomic E-state index is -0.346. The number of carbonyl (C=O) groups is 1. The van der Waals surface area contributed by atoms with Gasteiger partial charge in [-0.25, -0.2) is 4.79 Å². The second-order valence-corrected chi connectivity index (χ2v) is 7.70. The quantitative estimate of drug-likeness (QED) is 0.500. The van der Waals surface area contributed by atoms with Gasteiger partial charge in [0.05, 0.1) is 24.9 Å². The van der Waals surface area contributed by atoms with Crippen LogP contribution in [0.4, 0.5) is 4.79 Å². The summed E-state index contributed by atoms with van der Waals surface area (Å²) in [5.74, 6) is 2.27. The average Bonchev–Trinajstić information content (AvgIpc) is 3.47. The molecule has 2 heterocycles. The van der Waals surface area contributed by atoms with Crippen molar-refractivity contribution in [1.82, 2.24) is 25.6 Å². The fourth-order valence-electron chi connectivity index (χ4n) is 3.59. The van der Waals surface area contributed by atoms with Crippen LogP contribution in [0.15, 0.2) is 15.6 Å². The third-order valence-electron chi connectivity index (χ3n) is 5.28. The molecule has 162 valence electrons. The molecule has 3 rings (SSSR count). The number of hydrogen-bond acceptors (Lipinski definition) is 6. The maximum Gasteiger partial charge on any atom is 0.407 e. The number of guanidine groups is 1. The van der Waals surface area contributed by atoms with E-state index < -0.39 is 0 Å². The van der Waals surface area contributed by atoms with Gasteiger partial charge in [0.2, 0.25) is 0 Å². The van der Waals surface area contributed by atoms with Crippen LogP contribution in [0.5, 0.6) is 0 Å². The predicted molar refractivity (Wildman–Crippen MR) is 111 cm³/mol. The van der Waals surface area contributed by atoms with Crippen molar-refractivity contribution in [3.63, 3.8) is 0 Å². The lowest BCUT2D eigenvalue weighted by atomic mass is 10.2. The second-order valence-electron chi connectivity index (χ2n) is 7.70. The van der Waals surface area contributed by atoms with Gasteiger partial charge in [-0.05, 0) is 39.5 Å². The van der Waals surface area contributed by atoms with E-state index in [0.29, 0.717) is 19.1 Å². The molecule has 0 bridgehead atoms. The first kappa shape index (κ1) is 21.4. The molecule has 1 aliphatic carbocycles. The molecule has 9 nitrogen and oxygen atoms in total. The van der Waals surface area contributed by atoms with Crippen LogP contribution in [-0.2, 0) is 11.3 Å². The van der Waals surface area contributed by atoms with Gasteiger partial charge >= 0.3 is 6.09 Å². The van der Waals surface area contributed by atoms with Crippen molar-refractivity contribution in [3.05, 3.63) is 17.5 Å². The highest BCUT2D eigenvalue weighted by molar-refractivity contribution is 5.80. The highest BCUT2D eigenvalue weighted by Crippen LogP contribution is 2.32. The maximum absolute atomic E-state index is 11.8. The van der Waals surface area contributed by atoms with Gasteiger partial charge in [0.15, 0.2) is 5.96 Å². The first-order valence-electron chi connectivity index (χ1n) is 10.7. The summed E-state index contributed by atoms with van der Waals surface area (Å²) in [6, 6.07) is 2.03. The zero-order valence-corrected chi connectivity index (χ0v) is 17.8. The number of aromatic nitrogens is 1. The molecule has 1 amide bonds. The van der Waals surface area contributed by atoms with Crippen LogP contribution in [0.3, 0.4) is 0 Å². The summed E-state index contributed by atoms with van der Waals surface area (Å²) in [5.41, 5.74) is 0.980. The van der Waals surface area contributed by atoms with Gasteiger partial charge in [0.1, 0.15) is 5.76 Å². The molecule has 9 heteroatoms. The van der Waals surface area contributed by atoms with E-state index >= 15 is 0 Å². The van der Waals surface area contributed by atoms with Gasteiger partial charge < -0.3 is 24.8 Å². The number of aryl methyl sites for hydroxylation is 1. The van der Waals surface area contributed by atoms with Crippen LogP contribution < -0.4 is 10.6 Å². The van der Waals surface area contributed by atoms with Crippen LogP contribution in [0.2, 0.25) is 0 Å². The zero-order valence-electron chi connectivity index (χ0n) is 17.8. The topological polar surface area (TPSA) is 95.2 Å². The summed E-state index contributed by atoms with van der Waals surface area (Å²) < 4.78 is 10.2. The summed E-state index contributed by atoms with van der Waals surface area (Å²) in [6.45, 7) is 12.1. The number of alkyl carbamates (subject to hydrolysis) is 1. The molecular formula is C20H34N6O3. The van der Waals surface area contributed by atoms with Gasteiger partial charge in [0, 0.05) is 45.3 Å². The minimum absolute atomic E-state index is 0.0411. The Labute approximate surface area is 172 Å². The highest BCUT2D eigenvalue weighted by Gasteiger charge is 2.33. The molecule has 1 unspecified atom stereocenters. The van der Waals surface area contributed by atoms with E-state index in [-0.39, 0.29) is 12.1 Å². The van der Waals surface area contributed by atoms with E-state index in [2.05, 4.69) is 32.5 Å². The van der Waals surface area contributed by atoms with Crippen molar-refractivity contribution >= 4 is 12.1 Å². The molecule has 1 saturated heterocycles. The fourth-order valence-corrected chi connectivity index (χ4v) is 3.59. The number of rotatable bonds is 8. The standard InChI is InChI=1S/C20H34N6O3/c1-4-21-19(22-13-18(16-6-7-16)23-20(27)28-5-2)26-10-8-25(9-11-26)14-17-12-15(3)29-24-17/h12,16,18H,4-11,13-14H2,1-3H3,(H,21,22)(H,23,27). The molecule has 0 radical (unpaired) electrons. The molecular weight excluding hydrogens is 372 g/mol. The first-order valence-corrected chi connectivity index (χ1v) is 10.7. The molecule has 2 N–H and O–H groups in total. The van der Waals surface area contributed by atoms with Crippen molar-refractivity contribution < 1.29 is 14.1 Å². The Morgan fingerprint density at radius 1 is 1.34 bits per heavy atom. The van der Waals surface area contributed by atoms with Gasteiger partial charge in [-0.3, -0.25) is 9.89 Å². The van der Waals surface area contributed by atoms with Crippen molar-refractivity contribution in [1.29, 1.82) is 0 Å². The summed E-state index contributed by atoms with van der Waals surface area (Å²) >= 11 is 0. The third-order valence-corrected chi connectivity index (χ3v) is 5.28. The normalized spacial score (nSPS) is 19.1. The monoisotopic (exact) mass is 406 g/mol. The Bertz CT molecular complexity index is 680. The molecule has 29 heavy (non-hydrogen) atoms. The maximum atomic E-state index is 11.8.